The van der Waals surface area contributed by atoms with E-state index in [1.807, 2.05) is 24.3 Å². The van der Waals surface area contributed by atoms with Crippen LogP contribution in [0.15, 0.2) is 34.6 Å². The molecule has 1 aromatic heterocycles. The molecule has 2 aromatic rings. The van der Waals surface area contributed by atoms with Crippen LogP contribution in [0.4, 0.5) is 0 Å². The van der Waals surface area contributed by atoms with Crippen LogP contribution in [0, 0.1) is 0 Å². The SMILES string of the molecule is O=S1C=C(n2c(O)c3c(c2O)C2CCC3C2)c2ccccc21. The average molecular weight is 313 g/mol. The van der Waals surface area contributed by atoms with Crippen LogP contribution < -0.4 is 0 Å². The van der Waals surface area contributed by atoms with E-state index >= 15 is 0 Å². The molecule has 0 radical (unpaired) electrons. The molecule has 2 N–H and O–H groups in total. The average Bonchev–Trinajstić information content (AvgIpc) is 3.25. The Bertz CT molecular complexity index is 847. The lowest BCUT2D eigenvalue weighted by atomic mass is 9.95. The Hall–Kier alpha value is -2.01. The first kappa shape index (κ1) is 12.5. The maximum atomic E-state index is 12.2. The fourth-order valence-corrected chi connectivity index (χ4v) is 5.54. The van der Waals surface area contributed by atoms with E-state index in [4.69, 9.17) is 0 Å². The monoisotopic (exact) mass is 313 g/mol. The second kappa shape index (κ2) is 4.04. The maximum absolute atomic E-state index is 12.2. The largest absolute Gasteiger partial charge is 0.494 e. The highest BCUT2D eigenvalue weighted by molar-refractivity contribution is 7.88. The number of aromatic hydroxyl groups is 2. The fourth-order valence-electron chi connectivity index (χ4n) is 4.38. The van der Waals surface area contributed by atoms with Crippen molar-refractivity contribution in [1.82, 2.24) is 4.57 Å². The number of hydrogen-bond donors (Lipinski definition) is 2. The Balaban J connectivity index is 1.76. The number of benzene rings is 1. The highest BCUT2D eigenvalue weighted by Crippen LogP contribution is 2.60. The zero-order valence-corrected chi connectivity index (χ0v) is 12.6. The molecule has 1 aromatic carbocycles. The van der Waals surface area contributed by atoms with Crippen LogP contribution in [-0.4, -0.2) is 19.0 Å². The van der Waals surface area contributed by atoms with Crippen molar-refractivity contribution >= 4 is 16.5 Å². The van der Waals surface area contributed by atoms with Gasteiger partial charge in [0.15, 0.2) is 0 Å². The summed E-state index contributed by atoms with van der Waals surface area (Å²) in [6.07, 6.45) is 3.20. The predicted molar refractivity (Wildman–Crippen MR) is 83.3 cm³/mol. The summed E-state index contributed by atoms with van der Waals surface area (Å²) in [4.78, 5) is 0.730. The lowest BCUT2D eigenvalue weighted by Crippen LogP contribution is -1.98. The van der Waals surface area contributed by atoms with Gasteiger partial charge < -0.3 is 10.2 Å². The lowest BCUT2D eigenvalue weighted by molar-refractivity contribution is 0.397. The van der Waals surface area contributed by atoms with Gasteiger partial charge in [-0.25, -0.2) is 8.78 Å². The van der Waals surface area contributed by atoms with Gasteiger partial charge in [-0.2, -0.15) is 0 Å². The normalized spacial score (nSPS) is 27.8. The van der Waals surface area contributed by atoms with Gasteiger partial charge in [0.05, 0.1) is 21.4 Å². The van der Waals surface area contributed by atoms with Crippen molar-refractivity contribution in [3.63, 3.8) is 0 Å². The van der Waals surface area contributed by atoms with Gasteiger partial charge in [-0.3, -0.25) is 0 Å². The molecule has 0 saturated heterocycles. The lowest BCUT2D eigenvalue weighted by Gasteiger charge is -2.11. The second-order valence-corrected chi connectivity index (χ2v) is 7.58. The van der Waals surface area contributed by atoms with Crippen LogP contribution in [0.5, 0.6) is 11.8 Å². The van der Waals surface area contributed by atoms with Crippen molar-refractivity contribution in [1.29, 1.82) is 0 Å². The highest BCUT2D eigenvalue weighted by Gasteiger charge is 2.45. The molecule has 112 valence electrons. The molecule has 2 aliphatic carbocycles. The van der Waals surface area contributed by atoms with Gasteiger partial charge in [-0.15, -0.1) is 0 Å². The quantitative estimate of drug-likeness (QED) is 0.849. The third-order valence-corrected chi connectivity index (χ3v) is 6.51. The Morgan fingerprint density at radius 1 is 1.05 bits per heavy atom. The zero-order valence-electron chi connectivity index (χ0n) is 11.8. The van der Waals surface area contributed by atoms with Gasteiger partial charge in [-0.05, 0) is 37.2 Å². The van der Waals surface area contributed by atoms with E-state index in [1.54, 1.807) is 5.41 Å². The van der Waals surface area contributed by atoms with Crippen molar-refractivity contribution in [2.45, 2.75) is 36.0 Å². The minimum atomic E-state index is -1.23. The summed E-state index contributed by atoms with van der Waals surface area (Å²) in [6.45, 7) is 0. The highest BCUT2D eigenvalue weighted by atomic mass is 32.2. The summed E-state index contributed by atoms with van der Waals surface area (Å²) in [7, 11) is -1.23. The number of rotatable bonds is 1. The summed E-state index contributed by atoms with van der Waals surface area (Å²) >= 11 is 0. The van der Waals surface area contributed by atoms with Gasteiger partial charge in [0, 0.05) is 22.1 Å². The first-order chi connectivity index (χ1) is 10.7. The molecule has 3 aliphatic rings. The molecule has 1 aliphatic heterocycles. The first-order valence-electron chi connectivity index (χ1n) is 7.55. The molecule has 5 rings (SSSR count). The zero-order chi connectivity index (χ0) is 15.0. The maximum Gasteiger partial charge on any atom is 0.202 e. The minimum Gasteiger partial charge on any atom is -0.494 e. The summed E-state index contributed by atoms with van der Waals surface area (Å²) in [5, 5.41) is 23.0. The summed E-state index contributed by atoms with van der Waals surface area (Å²) < 4.78 is 13.7. The van der Waals surface area contributed by atoms with Crippen LogP contribution in [0.2, 0.25) is 0 Å². The van der Waals surface area contributed by atoms with Crippen molar-refractivity contribution in [2.75, 3.05) is 0 Å². The molecule has 2 bridgehead atoms. The molecule has 1 saturated carbocycles. The van der Waals surface area contributed by atoms with Gasteiger partial charge >= 0.3 is 0 Å². The van der Waals surface area contributed by atoms with Crippen molar-refractivity contribution in [3.05, 3.63) is 46.4 Å². The van der Waals surface area contributed by atoms with Crippen LogP contribution in [0.3, 0.4) is 0 Å². The van der Waals surface area contributed by atoms with E-state index in [2.05, 4.69) is 0 Å². The smallest absolute Gasteiger partial charge is 0.202 e. The Morgan fingerprint density at radius 3 is 2.36 bits per heavy atom. The summed E-state index contributed by atoms with van der Waals surface area (Å²) in [5.74, 6) is 0.962. The Morgan fingerprint density at radius 2 is 1.68 bits per heavy atom. The topological polar surface area (TPSA) is 62.5 Å². The van der Waals surface area contributed by atoms with Crippen molar-refractivity contribution < 1.29 is 14.4 Å². The third kappa shape index (κ3) is 1.35. The summed E-state index contributed by atoms with van der Waals surface area (Å²) in [6, 6.07) is 7.43. The third-order valence-electron chi connectivity index (χ3n) is 5.28. The van der Waals surface area contributed by atoms with Gasteiger partial charge in [0.2, 0.25) is 11.8 Å². The van der Waals surface area contributed by atoms with E-state index in [0.717, 1.165) is 40.8 Å². The minimum absolute atomic E-state index is 0.125. The number of aromatic nitrogens is 1. The number of hydrogen-bond acceptors (Lipinski definition) is 3. The predicted octanol–water partition coefficient (Wildman–Crippen LogP) is 3.23. The molecule has 3 unspecified atom stereocenters. The van der Waals surface area contributed by atoms with E-state index in [0.29, 0.717) is 17.5 Å². The molecule has 1 fully saturated rings. The molecule has 0 spiro atoms. The van der Waals surface area contributed by atoms with Gasteiger partial charge in [0.1, 0.15) is 0 Å². The molecule has 3 atom stereocenters. The fraction of sp³-hybridized carbons (Fsp3) is 0.294. The van der Waals surface area contributed by atoms with Crippen LogP contribution in [0.25, 0.3) is 5.70 Å². The van der Waals surface area contributed by atoms with Crippen molar-refractivity contribution in [3.8, 4) is 11.8 Å². The van der Waals surface area contributed by atoms with Crippen LogP contribution in [0.1, 0.15) is 47.8 Å². The Labute approximate surface area is 130 Å². The van der Waals surface area contributed by atoms with E-state index in [1.165, 1.54) is 4.57 Å². The number of fused-ring (bicyclic) bond motifs is 6. The van der Waals surface area contributed by atoms with Crippen LogP contribution in [-0.2, 0) is 10.8 Å². The van der Waals surface area contributed by atoms with Gasteiger partial charge in [-0.1, -0.05) is 18.2 Å². The van der Waals surface area contributed by atoms with Gasteiger partial charge in [0.25, 0.3) is 0 Å². The molecular formula is C17H15NO3S. The first-order valence-corrected chi connectivity index (χ1v) is 8.76. The van der Waals surface area contributed by atoms with E-state index < -0.39 is 10.8 Å². The molecule has 5 heteroatoms. The number of nitrogens with zero attached hydrogens (tertiary/aromatic N) is 1. The van der Waals surface area contributed by atoms with E-state index in [-0.39, 0.29) is 11.8 Å². The molecular weight excluding hydrogens is 298 g/mol. The van der Waals surface area contributed by atoms with Crippen LogP contribution >= 0.6 is 0 Å². The Kier molecular flexibility index (Phi) is 2.30. The second-order valence-electron chi connectivity index (χ2n) is 6.31. The molecule has 4 nitrogen and oxygen atoms in total. The summed E-state index contributed by atoms with van der Waals surface area (Å²) in [5.41, 5.74) is 3.25. The molecule has 2 heterocycles. The standard InChI is InChI=1S/C17H15NO3S/c19-16-14-9-5-6-10(7-9)15(14)17(20)18(16)12-8-22(21)13-4-2-1-3-11(12)13/h1-4,8-10,19-20H,5-7H2. The van der Waals surface area contributed by atoms with E-state index in [9.17, 15) is 14.4 Å². The molecule has 0 amide bonds. The molecule has 22 heavy (non-hydrogen) atoms. The van der Waals surface area contributed by atoms with Crippen molar-refractivity contribution in [2.24, 2.45) is 0 Å².